The van der Waals surface area contributed by atoms with Crippen molar-refractivity contribution in [2.24, 2.45) is 0 Å². The summed E-state index contributed by atoms with van der Waals surface area (Å²) in [5, 5.41) is 12.0. The largest absolute Gasteiger partial charge is 0.497 e. The quantitative estimate of drug-likeness (QED) is 0.702. The monoisotopic (exact) mass is 373 g/mol. The molecule has 0 fully saturated rings. The summed E-state index contributed by atoms with van der Waals surface area (Å²) in [6, 6.07) is 11.5. The summed E-state index contributed by atoms with van der Waals surface area (Å²) in [5.41, 5.74) is 1.42. The van der Waals surface area contributed by atoms with Crippen LogP contribution in [0.2, 0.25) is 0 Å². The summed E-state index contributed by atoms with van der Waals surface area (Å²) >= 11 is 0. The van der Waals surface area contributed by atoms with Crippen LogP contribution in [0.1, 0.15) is 23.6 Å². The van der Waals surface area contributed by atoms with Crippen LogP contribution in [0.4, 0.5) is 0 Å². The van der Waals surface area contributed by atoms with Gasteiger partial charge in [-0.1, -0.05) is 18.2 Å². The summed E-state index contributed by atoms with van der Waals surface area (Å²) in [4.78, 5) is 23.7. The van der Waals surface area contributed by atoms with Crippen LogP contribution >= 0.6 is 0 Å². The fraction of sp³-hybridized carbons (Fsp3) is 0.300. The van der Waals surface area contributed by atoms with Crippen LogP contribution in [0.3, 0.4) is 0 Å². The molecule has 0 aromatic heterocycles. The molecular weight excluding hydrogens is 350 g/mol. The number of carbonyl (C=O) groups is 2. The molecule has 7 nitrogen and oxygen atoms in total. The third-order valence-electron chi connectivity index (χ3n) is 4.05. The number of carbonyl (C=O) groups excluding carboxylic acids is 1. The molecular formula is C20H23NO6. The third kappa shape index (κ3) is 5.64. The van der Waals surface area contributed by atoms with Gasteiger partial charge in [0, 0.05) is 0 Å². The summed E-state index contributed by atoms with van der Waals surface area (Å²) in [5.74, 6) is 0.406. The van der Waals surface area contributed by atoms with Crippen molar-refractivity contribution in [3.05, 3.63) is 53.6 Å². The Morgan fingerprint density at radius 3 is 2.19 bits per heavy atom. The first-order valence-electron chi connectivity index (χ1n) is 8.32. The van der Waals surface area contributed by atoms with E-state index in [-0.39, 0.29) is 18.7 Å². The molecule has 0 heterocycles. The van der Waals surface area contributed by atoms with Gasteiger partial charge in [0.25, 0.3) is 0 Å². The number of benzene rings is 2. The Bertz CT molecular complexity index is 788. The van der Waals surface area contributed by atoms with Crippen LogP contribution in [-0.2, 0) is 16.0 Å². The van der Waals surface area contributed by atoms with E-state index in [2.05, 4.69) is 5.32 Å². The van der Waals surface area contributed by atoms with Crippen molar-refractivity contribution in [1.82, 2.24) is 5.32 Å². The highest BCUT2D eigenvalue weighted by Crippen LogP contribution is 2.31. The number of rotatable bonds is 9. The molecule has 1 unspecified atom stereocenters. The van der Waals surface area contributed by atoms with Gasteiger partial charge in [-0.3, -0.25) is 9.59 Å². The Kier molecular flexibility index (Phi) is 7.05. The Hall–Kier alpha value is -3.22. The normalized spacial score (nSPS) is 11.4. The van der Waals surface area contributed by atoms with Crippen molar-refractivity contribution in [3.63, 3.8) is 0 Å². The number of hydrogen-bond acceptors (Lipinski definition) is 5. The third-order valence-corrected chi connectivity index (χ3v) is 4.05. The fourth-order valence-corrected chi connectivity index (χ4v) is 2.67. The lowest BCUT2D eigenvalue weighted by atomic mass is 10.0. The number of amides is 1. The average molecular weight is 373 g/mol. The average Bonchev–Trinajstić information content (AvgIpc) is 2.67. The first-order chi connectivity index (χ1) is 13.0. The predicted molar refractivity (Wildman–Crippen MR) is 99.4 cm³/mol. The van der Waals surface area contributed by atoms with E-state index >= 15 is 0 Å². The van der Waals surface area contributed by atoms with Crippen molar-refractivity contribution in [2.75, 3.05) is 21.3 Å². The van der Waals surface area contributed by atoms with Gasteiger partial charge >= 0.3 is 5.97 Å². The predicted octanol–water partition coefficient (Wildman–Crippen LogP) is 2.59. The molecule has 0 radical (unpaired) electrons. The van der Waals surface area contributed by atoms with Crippen LogP contribution in [-0.4, -0.2) is 38.3 Å². The van der Waals surface area contributed by atoms with Gasteiger partial charge in [-0.25, -0.2) is 0 Å². The van der Waals surface area contributed by atoms with E-state index in [1.807, 2.05) is 0 Å². The first kappa shape index (κ1) is 20.1. The van der Waals surface area contributed by atoms with E-state index in [4.69, 9.17) is 14.2 Å². The molecule has 2 rings (SSSR count). The molecule has 27 heavy (non-hydrogen) atoms. The molecule has 7 heteroatoms. The van der Waals surface area contributed by atoms with Crippen LogP contribution in [0.15, 0.2) is 42.5 Å². The Labute approximate surface area is 157 Å². The van der Waals surface area contributed by atoms with Crippen molar-refractivity contribution in [3.8, 4) is 17.2 Å². The van der Waals surface area contributed by atoms with Gasteiger partial charge < -0.3 is 24.6 Å². The van der Waals surface area contributed by atoms with Gasteiger partial charge in [0.15, 0.2) is 11.5 Å². The minimum Gasteiger partial charge on any atom is -0.497 e. The zero-order valence-electron chi connectivity index (χ0n) is 15.5. The lowest BCUT2D eigenvalue weighted by molar-refractivity contribution is -0.137. The number of nitrogens with one attached hydrogen (secondary N) is 1. The minimum atomic E-state index is -1.01. The number of carboxylic acid groups (broad SMARTS) is 1. The zero-order chi connectivity index (χ0) is 19.8. The van der Waals surface area contributed by atoms with Crippen LogP contribution < -0.4 is 19.5 Å². The highest BCUT2D eigenvalue weighted by molar-refractivity contribution is 5.80. The molecule has 2 aromatic rings. The Balaban J connectivity index is 2.15. The lowest BCUT2D eigenvalue weighted by Gasteiger charge is -2.19. The van der Waals surface area contributed by atoms with Gasteiger partial charge in [0.05, 0.1) is 40.2 Å². The van der Waals surface area contributed by atoms with Crippen LogP contribution in [0.5, 0.6) is 17.2 Å². The second-order valence-corrected chi connectivity index (χ2v) is 5.86. The van der Waals surface area contributed by atoms with E-state index in [0.29, 0.717) is 22.8 Å². The molecule has 0 aliphatic carbocycles. The number of hydrogen-bond donors (Lipinski definition) is 2. The molecule has 0 saturated carbocycles. The van der Waals surface area contributed by atoms with E-state index < -0.39 is 12.0 Å². The Morgan fingerprint density at radius 2 is 1.63 bits per heavy atom. The van der Waals surface area contributed by atoms with Crippen molar-refractivity contribution >= 4 is 11.9 Å². The van der Waals surface area contributed by atoms with E-state index in [1.54, 1.807) is 49.6 Å². The summed E-state index contributed by atoms with van der Waals surface area (Å²) < 4.78 is 15.5. The SMILES string of the molecule is COc1ccc(CC(=O)NC(CC(=O)O)c2ccc(OC)c(OC)c2)cc1. The molecule has 144 valence electrons. The lowest BCUT2D eigenvalue weighted by Crippen LogP contribution is -2.31. The van der Waals surface area contributed by atoms with Gasteiger partial charge in [-0.15, -0.1) is 0 Å². The van der Waals surface area contributed by atoms with E-state index in [1.165, 1.54) is 14.2 Å². The van der Waals surface area contributed by atoms with E-state index in [0.717, 1.165) is 5.56 Å². The van der Waals surface area contributed by atoms with Crippen molar-refractivity contribution in [1.29, 1.82) is 0 Å². The van der Waals surface area contributed by atoms with Crippen LogP contribution in [0, 0.1) is 0 Å². The number of methoxy groups -OCH3 is 3. The smallest absolute Gasteiger partial charge is 0.305 e. The second kappa shape index (κ2) is 9.47. The van der Waals surface area contributed by atoms with Gasteiger partial charge in [0.1, 0.15) is 5.75 Å². The number of carboxylic acids is 1. The molecule has 0 aliphatic heterocycles. The summed E-state index contributed by atoms with van der Waals surface area (Å²) in [6.45, 7) is 0. The molecule has 2 N–H and O–H groups in total. The molecule has 1 atom stereocenters. The fourth-order valence-electron chi connectivity index (χ4n) is 2.67. The van der Waals surface area contributed by atoms with Gasteiger partial charge in [-0.05, 0) is 35.4 Å². The summed E-state index contributed by atoms with van der Waals surface area (Å²) in [7, 11) is 4.58. The highest BCUT2D eigenvalue weighted by atomic mass is 16.5. The van der Waals surface area contributed by atoms with Crippen molar-refractivity contribution < 1.29 is 28.9 Å². The van der Waals surface area contributed by atoms with Crippen molar-refractivity contribution in [2.45, 2.75) is 18.9 Å². The minimum absolute atomic E-state index is 0.132. The maximum Gasteiger partial charge on any atom is 0.305 e. The molecule has 0 bridgehead atoms. The first-order valence-corrected chi connectivity index (χ1v) is 8.32. The van der Waals surface area contributed by atoms with Gasteiger partial charge in [0.2, 0.25) is 5.91 Å². The second-order valence-electron chi connectivity index (χ2n) is 5.86. The number of ether oxygens (including phenoxy) is 3. The molecule has 2 aromatic carbocycles. The van der Waals surface area contributed by atoms with Crippen LogP contribution in [0.25, 0.3) is 0 Å². The molecule has 1 amide bonds. The molecule has 0 saturated heterocycles. The Morgan fingerprint density at radius 1 is 0.963 bits per heavy atom. The summed E-state index contributed by atoms with van der Waals surface area (Å²) in [6.07, 6.45) is -0.114. The maximum absolute atomic E-state index is 12.4. The number of aliphatic carboxylic acids is 1. The molecule has 0 spiro atoms. The van der Waals surface area contributed by atoms with Gasteiger partial charge in [-0.2, -0.15) is 0 Å². The molecule has 0 aliphatic rings. The highest BCUT2D eigenvalue weighted by Gasteiger charge is 2.20. The van der Waals surface area contributed by atoms with E-state index in [9.17, 15) is 14.7 Å². The standard InChI is InChI=1S/C20H23NO6/c1-25-15-7-4-13(5-8-15)10-19(22)21-16(12-20(23)24)14-6-9-17(26-2)18(11-14)27-3/h4-9,11,16H,10,12H2,1-3H3,(H,21,22)(H,23,24). The maximum atomic E-state index is 12.4. The topological polar surface area (TPSA) is 94.1 Å². The zero-order valence-corrected chi connectivity index (χ0v) is 15.5.